The predicted octanol–water partition coefficient (Wildman–Crippen LogP) is 2.52. The summed E-state index contributed by atoms with van der Waals surface area (Å²) in [6.45, 7) is 2.15. The molecule has 1 aliphatic rings. The lowest BCUT2D eigenvalue weighted by molar-refractivity contribution is 0.505. The van der Waals surface area contributed by atoms with Crippen LogP contribution < -0.4 is 0 Å². The quantitative estimate of drug-likeness (QED) is 0.666. The van der Waals surface area contributed by atoms with Crippen LogP contribution in [0.3, 0.4) is 0 Å². The summed E-state index contributed by atoms with van der Waals surface area (Å²) in [4.78, 5) is 0. The highest BCUT2D eigenvalue weighted by molar-refractivity contribution is 5.96. The van der Waals surface area contributed by atoms with Crippen LogP contribution in [0.1, 0.15) is 26.2 Å². The number of nitrogens with one attached hydrogen (secondary N) is 1. The number of nitriles is 1. The zero-order chi connectivity index (χ0) is 8.97. The second-order valence-electron chi connectivity index (χ2n) is 3.28. The Morgan fingerprint density at radius 3 is 3.08 bits per heavy atom. The molecule has 0 aliphatic heterocycles. The fourth-order valence-electron chi connectivity index (χ4n) is 1.57. The number of rotatable bonds is 2. The van der Waals surface area contributed by atoms with Crippen molar-refractivity contribution in [2.45, 2.75) is 26.2 Å². The smallest absolute Gasteiger partial charge is 0.0883 e. The van der Waals surface area contributed by atoms with E-state index in [1.807, 2.05) is 0 Å². The van der Waals surface area contributed by atoms with Crippen molar-refractivity contribution in [3.8, 4) is 6.07 Å². The molecule has 0 amide bonds. The van der Waals surface area contributed by atoms with E-state index in [-0.39, 0.29) is 5.92 Å². The van der Waals surface area contributed by atoms with Crippen molar-refractivity contribution in [1.29, 1.82) is 10.7 Å². The maximum atomic E-state index is 8.72. The minimum Gasteiger partial charge on any atom is -0.304 e. The molecule has 0 aromatic heterocycles. The van der Waals surface area contributed by atoms with Gasteiger partial charge in [-0.3, -0.25) is 0 Å². The van der Waals surface area contributed by atoms with Crippen molar-refractivity contribution in [3.05, 3.63) is 12.2 Å². The lowest BCUT2D eigenvalue weighted by atomic mass is 9.84. The van der Waals surface area contributed by atoms with Gasteiger partial charge in [0.2, 0.25) is 0 Å². The standard InChI is InChI=1S/C10H14N2/c1-2-3-8-4-5-10(12)9(6-8)7-11/h4-5,8-9,12H,2-3,6H2,1H3. The Morgan fingerprint density at radius 1 is 1.75 bits per heavy atom. The molecule has 12 heavy (non-hydrogen) atoms. The van der Waals surface area contributed by atoms with E-state index in [1.54, 1.807) is 6.08 Å². The largest absolute Gasteiger partial charge is 0.304 e. The summed E-state index contributed by atoms with van der Waals surface area (Å²) in [5, 5.41) is 16.2. The van der Waals surface area contributed by atoms with Gasteiger partial charge in [0.1, 0.15) is 0 Å². The van der Waals surface area contributed by atoms with E-state index >= 15 is 0 Å². The highest BCUT2D eigenvalue weighted by Crippen LogP contribution is 2.24. The molecule has 1 aliphatic carbocycles. The van der Waals surface area contributed by atoms with E-state index in [1.165, 1.54) is 0 Å². The summed E-state index contributed by atoms with van der Waals surface area (Å²) in [6, 6.07) is 2.17. The summed E-state index contributed by atoms with van der Waals surface area (Å²) in [6.07, 6.45) is 7.00. The molecule has 2 nitrogen and oxygen atoms in total. The zero-order valence-corrected chi connectivity index (χ0v) is 7.38. The van der Waals surface area contributed by atoms with Gasteiger partial charge in [0, 0.05) is 5.71 Å². The molecule has 1 N–H and O–H groups in total. The second kappa shape index (κ2) is 4.06. The van der Waals surface area contributed by atoms with Crippen molar-refractivity contribution < 1.29 is 0 Å². The van der Waals surface area contributed by atoms with Crippen molar-refractivity contribution in [2.24, 2.45) is 11.8 Å². The maximum absolute atomic E-state index is 8.72. The summed E-state index contributed by atoms with van der Waals surface area (Å²) in [5.41, 5.74) is 0.477. The van der Waals surface area contributed by atoms with Gasteiger partial charge in [-0.2, -0.15) is 5.26 Å². The predicted molar refractivity (Wildman–Crippen MR) is 49.0 cm³/mol. The first-order valence-electron chi connectivity index (χ1n) is 4.44. The molecule has 0 bridgehead atoms. The molecular weight excluding hydrogens is 148 g/mol. The first-order valence-corrected chi connectivity index (χ1v) is 4.44. The minimum absolute atomic E-state index is 0.161. The molecule has 0 saturated heterocycles. The minimum atomic E-state index is -0.161. The van der Waals surface area contributed by atoms with E-state index in [0.29, 0.717) is 11.6 Å². The van der Waals surface area contributed by atoms with E-state index in [4.69, 9.17) is 10.7 Å². The molecule has 0 heterocycles. The molecule has 0 saturated carbocycles. The normalized spacial score (nSPS) is 28.5. The molecule has 0 radical (unpaired) electrons. The lowest BCUT2D eigenvalue weighted by Crippen LogP contribution is -2.18. The van der Waals surface area contributed by atoms with Crippen LogP contribution in [0.15, 0.2) is 12.2 Å². The summed E-state index contributed by atoms with van der Waals surface area (Å²) in [7, 11) is 0. The van der Waals surface area contributed by atoms with Crippen LogP contribution in [0.5, 0.6) is 0 Å². The molecule has 0 aromatic carbocycles. The average molecular weight is 162 g/mol. The van der Waals surface area contributed by atoms with Crippen LogP contribution >= 0.6 is 0 Å². The van der Waals surface area contributed by atoms with Crippen molar-refractivity contribution in [1.82, 2.24) is 0 Å². The van der Waals surface area contributed by atoms with Crippen LogP contribution in [-0.4, -0.2) is 5.71 Å². The maximum Gasteiger partial charge on any atom is 0.0883 e. The highest BCUT2D eigenvalue weighted by Gasteiger charge is 2.20. The lowest BCUT2D eigenvalue weighted by Gasteiger charge is -2.19. The van der Waals surface area contributed by atoms with Crippen molar-refractivity contribution in [2.75, 3.05) is 0 Å². The molecule has 64 valence electrons. The summed E-state index contributed by atoms with van der Waals surface area (Å²) in [5.74, 6) is 0.361. The third kappa shape index (κ3) is 1.94. The Labute approximate surface area is 73.4 Å². The Kier molecular flexibility index (Phi) is 3.04. The van der Waals surface area contributed by atoms with E-state index in [9.17, 15) is 0 Å². The van der Waals surface area contributed by atoms with Crippen LogP contribution in [0.4, 0.5) is 0 Å². The first kappa shape index (κ1) is 8.99. The third-order valence-electron chi connectivity index (χ3n) is 2.28. The molecular formula is C10H14N2. The van der Waals surface area contributed by atoms with Gasteiger partial charge in [-0.15, -0.1) is 0 Å². The van der Waals surface area contributed by atoms with Crippen LogP contribution in [0.25, 0.3) is 0 Å². The number of allylic oxidation sites excluding steroid dienone is 2. The number of hydrogen-bond donors (Lipinski definition) is 1. The Balaban J connectivity index is 2.59. The van der Waals surface area contributed by atoms with Crippen molar-refractivity contribution in [3.63, 3.8) is 0 Å². The van der Waals surface area contributed by atoms with Crippen molar-refractivity contribution >= 4 is 5.71 Å². The fourth-order valence-corrected chi connectivity index (χ4v) is 1.57. The molecule has 1 rings (SSSR count). The molecule has 0 spiro atoms. The summed E-state index contributed by atoms with van der Waals surface area (Å²) >= 11 is 0. The number of nitrogens with zero attached hydrogens (tertiary/aromatic N) is 1. The van der Waals surface area contributed by atoms with Gasteiger partial charge in [0.15, 0.2) is 0 Å². The Hall–Kier alpha value is -1.10. The Morgan fingerprint density at radius 2 is 2.50 bits per heavy atom. The van der Waals surface area contributed by atoms with Gasteiger partial charge in [0.25, 0.3) is 0 Å². The van der Waals surface area contributed by atoms with Gasteiger partial charge in [-0.25, -0.2) is 0 Å². The second-order valence-corrected chi connectivity index (χ2v) is 3.28. The molecule has 0 aromatic rings. The SMILES string of the molecule is CCCC1C=CC(=N)C(C#N)C1. The topological polar surface area (TPSA) is 47.6 Å². The van der Waals surface area contributed by atoms with Gasteiger partial charge in [-0.05, 0) is 24.8 Å². The number of hydrogen-bond acceptors (Lipinski definition) is 2. The van der Waals surface area contributed by atoms with Gasteiger partial charge in [0.05, 0.1) is 12.0 Å². The fraction of sp³-hybridized carbons (Fsp3) is 0.600. The molecule has 2 heteroatoms. The van der Waals surface area contributed by atoms with Gasteiger partial charge < -0.3 is 5.41 Å². The molecule has 2 atom stereocenters. The highest BCUT2D eigenvalue weighted by atomic mass is 14.5. The third-order valence-corrected chi connectivity index (χ3v) is 2.28. The van der Waals surface area contributed by atoms with Crippen LogP contribution in [0, 0.1) is 28.6 Å². The zero-order valence-electron chi connectivity index (χ0n) is 7.38. The van der Waals surface area contributed by atoms with E-state index < -0.39 is 0 Å². The van der Waals surface area contributed by atoms with E-state index in [2.05, 4.69) is 19.1 Å². The average Bonchev–Trinajstić information content (AvgIpc) is 2.09. The first-order chi connectivity index (χ1) is 5.77. The Bertz CT molecular complexity index is 235. The molecule has 2 unspecified atom stereocenters. The summed E-state index contributed by atoms with van der Waals surface area (Å²) < 4.78 is 0. The molecule has 0 fully saturated rings. The van der Waals surface area contributed by atoms with E-state index in [0.717, 1.165) is 19.3 Å². The van der Waals surface area contributed by atoms with Crippen LogP contribution in [0.2, 0.25) is 0 Å². The van der Waals surface area contributed by atoms with Gasteiger partial charge in [-0.1, -0.05) is 19.4 Å². The van der Waals surface area contributed by atoms with Gasteiger partial charge >= 0.3 is 0 Å². The van der Waals surface area contributed by atoms with Crippen LogP contribution in [-0.2, 0) is 0 Å². The monoisotopic (exact) mass is 162 g/mol.